The summed E-state index contributed by atoms with van der Waals surface area (Å²) >= 11 is 1.62. The van der Waals surface area contributed by atoms with Gasteiger partial charge in [0.1, 0.15) is 0 Å². The van der Waals surface area contributed by atoms with Crippen LogP contribution < -0.4 is 10.7 Å². The molecule has 6 nitrogen and oxygen atoms in total. The minimum Gasteiger partial charge on any atom is -0.382 e. The van der Waals surface area contributed by atoms with Crippen LogP contribution in [0.3, 0.4) is 0 Å². The zero-order chi connectivity index (χ0) is 16.7. The van der Waals surface area contributed by atoms with Crippen LogP contribution in [0.2, 0.25) is 0 Å². The molecule has 0 unspecified atom stereocenters. The highest BCUT2D eigenvalue weighted by Gasteiger charge is 2.14. The summed E-state index contributed by atoms with van der Waals surface area (Å²) < 4.78 is 5.07. The minimum atomic E-state index is 0.0102. The fraction of sp³-hybridized carbons (Fsp3) is 0.438. The van der Waals surface area contributed by atoms with Crippen LogP contribution >= 0.6 is 11.8 Å². The van der Waals surface area contributed by atoms with E-state index in [0.29, 0.717) is 13.0 Å². The van der Waals surface area contributed by atoms with Crippen molar-refractivity contribution in [3.8, 4) is 0 Å². The molecular formula is C16H22N4O2S. The summed E-state index contributed by atoms with van der Waals surface area (Å²) in [5, 5.41) is 8.03. The van der Waals surface area contributed by atoms with Crippen LogP contribution in [0.4, 0.5) is 5.69 Å². The lowest BCUT2D eigenvalue weighted by atomic mass is 10.1. The van der Waals surface area contributed by atoms with E-state index in [1.165, 1.54) is 0 Å². The quantitative estimate of drug-likeness (QED) is 0.838. The molecule has 1 amide bonds. The van der Waals surface area contributed by atoms with Crippen LogP contribution in [0.15, 0.2) is 34.4 Å². The van der Waals surface area contributed by atoms with Gasteiger partial charge in [0.2, 0.25) is 5.91 Å². The number of hydrogen-bond acceptors (Lipinski definition) is 5. The molecule has 1 aromatic rings. The van der Waals surface area contributed by atoms with E-state index in [2.05, 4.69) is 20.8 Å². The molecule has 1 aliphatic heterocycles. The van der Waals surface area contributed by atoms with E-state index in [-0.39, 0.29) is 11.9 Å². The molecule has 23 heavy (non-hydrogen) atoms. The van der Waals surface area contributed by atoms with Gasteiger partial charge >= 0.3 is 0 Å². The van der Waals surface area contributed by atoms with Crippen LogP contribution in [0.25, 0.3) is 0 Å². The number of amides is 1. The molecule has 1 heterocycles. The highest BCUT2D eigenvalue weighted by atomic mass is 32.2. The fourth-order valence-corrected chi connectivity index (χ4v) is 2.87. The third kappa shape index (κ3) is 5.37. The molecule has 1 aromatic carbocycles. The van der Waals surface area contributed by atoms with Crippen molar-refractivity contribution in [2.24, 2.45) is 10.1 Å². The van der Waals surface area contributed by atoms with E-state index in [0.717, 1.165) is 27.9 Å². The maximum Gasteiger partial charge on any atom is 0.224 e. The molecule has 0 aliphatic carbocycles. The van der Waals surface area contributed by atoms with Crippen molar-refractivity contribution >= 4 is 34.2 Å². The van der Waals surface area contributed by atoms with Gasteiger partial charge < -0.3 is 10.1 Å². The molecule has 0 fully saturated rings. The van der Waals surface area contributed by atoms with Crippen molar-refractivity contribution in [1.82, 2.24) is 5.43 Å². The number of ether oxygens (including phenoxy) is 1. The lowest BCUT2D eigenvalue weighted by molar-refractivity contribution is -0.115. The van der Waals surface area contributed by atoms with Crippen molar-refractivity contribution < 1.29 is 9.53 Å². The number of rotatable bonds is 6. The Labute approximate surface area is 140 Å². The molecule has 124 valence electrons. The number of carbonyl (C=O) groups excluding carboxylic acids is 1. The molecule has 2 N–H and O–H groups in total. The lowest BCUT2D eigenvalue weighted by Gasteiger charge is -2.16. The Morgan fingerprint density at radius 2 is 2.22 bits per heavy atom. The summed E-state index contributed by atoms with van der Waals surface area (Å²) in [7, 11) is 1.67. The number of thioether (sulfide) groups is 1. The van der Waals surface area contributed by atoms with E-state index in [1.807, 2.05) is 38.1 Å². The van der Waals surface area contributed by atoms with Gasteiger partial charge in [0.25, 0.3) is 0 Å². The second-order valence-corrected chi connectivity index (χ2v) is 6.14. The van der Waals surface area contributed by atoms with E-state index < -0.39 is 0 Å². The van der Waals surface area contributed by atoms with Crippen molar-refractivity contribution in [3.05, 3.63) is 29.8 Å². The molecule has 0 saturated heterocycles. The fourth-order valence-electron chi connectivity index (χ4n) is 2.00. The summed E-state index contributed by atoms with van der Waals surface area (Å²) in [5.74, 6) is 0.766. The number of amidine groups is 1. The molecule has 0 saturated carbocycles. The molecular weight excluding hydrogens is 312 g/mol. The van der Waals surface area contributed by atoms with Crippen LogP contribution in [-0.4, -0.2) is 42.3 Å². The monoisotopic (exact) mass is 334 g/mol. The largest absolute Gasteiger partial charge is 0.382 e. The number of hydrogen-bond donors (Lipinski definition) is 2. The van der Waals surface area contributed by atoms with Gasteiger partial charge in [-0.05, 0) is 24.6 Å². The second kappa shape index (κ2) is 8.69. The predicted molar refractivity (Wildman–Crippen MR) is 96.3 cm³/mol. The Balaban J connectivity index is 1.98. The number of carbonyl (C=O) groups is 1. The van der Waals surface area contributed by atoms with Gasteiger partial charge in [-0.25, -0.2) is 0 Å². The van der Waals surface area contributed by atoms with Gasteiger partial charge in [0.05, 0.1) is 18.4 Å². The summed E-state index contributed by atoms with van der Waals surface area (Å²) in [4.78, 5) is 15.9. The number of hydrazone groups is 1. The van der Waals surface area contributed by atoms with Crippen molar-refractivity contribution in [2.45, 2.75) is 26.3 Å². The zero-order valence-corrected chi connectivity index (χ0v) is 14.4. The predicted octanol–water partition coefficient (Wildman–Crippen LogP) is 2.47. The van der Waals surface area contributed by atoms with Gasteiger partial charge in [-0.15, -0.1) is 0 Å². The molecule has 1 atom stereocenters. The minimum absolute atomic E-state index is 0.0102. The van der Waals surface area contributed by atoms with Crippen molar-refractivity contribution in [3.63, 3.8) is 0 Å². The Morgan fingerprint density at radius 3 is 2.78 bits per heavy atom. The number of aliphatic imine (C=N–C) groups is 1. The highest BCUT2D eigenvalue weighted by Crippen LogP contribution is 2.16. The maximum atomic E-state index is 11.4. The molecule has 7 heteroatoms. The molecule has 0 aromatic heterocycles. The number of nitrogens with zero attached hydrogens (tertiary/aromatic N) is 2. The first kappa shape index (κ1) is 17.5. The van der Waals surface area contributed by atoms with E-state index in [9.17, 15) is 4.79 Å². The van der Waals surface area contributed by atoms with E-state index >= 15 is 0 Å². The number of benzene rings is 1. The smallest absolute Gasteiger partial charge is 0.224 e. The Bertz CT molecular complexity index is 599. The van der Waals surface area contributed by atoms with Crippen LogP contribution in [0.1, 0.15) is 25.8 Å². The van der Waals surface area contributed by atoms with E-state index in [1.54, 1.807) is 18.9 Å². The normalized spacial score (nSPS) is 17.3. The Morgan fingerprint density at radius 1 is 1.48 bits per heavy atom. The Kier molecular flexibility index (Phi) is 6.61. The van der Waals surface area contributed by atoms with Gasteiger partial charge in [-0.2, -0.15) is 5.10 Å². The number of methoxy groups -OCH3 is 1. The highest BCUT2D eigenvalue weighted by molar-refractivity contribution is 8.14. The summed E-state index contributed by atoms with van der Waals surface area (Å²) in [6.45, 7) is 4.42. The van der Waals surface area contributed by atoms with Crippen molar-refractivity contribution in [1.29, 1.82) is 0 Å². The summed E-state index contributed by atoms with van der Waals surface area (Å²) in [5.41, 5.74) is 5.78. The van der Waals surface area contributed by atoms with Gasteiger partial charge in [-0.3, -0.25) is 15.2 Å². The van der Waals surface area contributed by atoms with Gasteiger partial charge in [0.15, 0.2) is 5.17 Å². The van der Waals surface area contributed by atoms with Crippen LogP contribution in [0.5, 0.6) is 0 Å². The second-order valence-electron chi connectivity index (χ2n) is 5.18. The Hall–Kier alpha value is -1.86. The molecule has 1 aliphatic rings. The standard InChI is InChI=1S/C16H22N4O2S/c1-4-15(21)18-13-7-5-12(6-8-13)14-10-23-16(20-19-14)17-11(2)9-22-3/h5-8,11H,4,9-10H2,1-3H3,(H,17,20)(H,18,21)/t11-/m1/s1. The average Bonchev–Trinajstić information content (AvgIpc) is 2.56. The first-order valence-electron chi connectivity index (χ1n) is 7.54. The number of anilines is 1. The zero-order valence-electron chi connectivity index (χ0n) is 13.6. The van der Waals surface area contributed by atoms with Crippen LogP contribution in [0, 0.1) is 0 Å². The SMILES string of the molecule is CCC(=O)Nc1ccc(C2=NNC(=N[C@H](C)COC)SC2)cc1. The molecule has 0 radical (unpaired) electrons. The molecule has 2 rings (SSSR count). The third-order valence-corrected chi connectivity index (χ3v) is 4.09. The topological polar surface area (TPSA) is 75.1 Å². The first-order valence-corrected chi connectivity index (χ1v) is 8.53. The first-order chi connectivity index (χ1) is 11.1. The number of nitrogens with one attached hydrogen (secondary N) is 2. The lowest BCUT2D eigenvalue weighted by Crippen LogP contribution is -2.27. The average molecular weight is 334 g/mol. The van der Waals surface area contributed by atoms with Crippen LogP contribution in [-0.2, 0) is 9.53 Å². The third-order valence-electron chi connectivity index (χ3n) is 3.20. The summed E-state index contributed by atoms with van der Waals surface area (Å²) in [6, 6.07) is 7.80. The molecule has 0 spiro atoms. The van der Waals surface area contributed by atoms with Gasteiger partial charge in [0, 0.05) is 25.0 Å². The maximum absolute atomic E-state index is 11.4. The van der Waals surface area contributed by atoms with Gasteiger partial charge in [-0.1, -0.05) is 30.8 Å². The van der Waals surface area contributed by atoms with Crippen molar-refractivity contribution in [2.75, 3.05) is 24.8 Å². The summed E-state index contributed by atoms with van der Waals surface area (Å²) in [6.07, 6.45) is 0.471. The van der Waals surface area contributed by atoms with E-state index in [4.69, 9.17) is 4.74 Å². The molecule has 0 bridgehead atoms.